The van der Waals surface area contributed by atoms with Crippen LogP contribution in [0.1, 0.15) is 6.42 Å². The first-order valence-electron chi connectivity index (χ1n) is 5.89. The van der Waals surface area contributed by atoms with E-state index >= 15 is 0 Å². The predicted octanol–water partition coefficient (Wildman–Crippen LogP) is 0.555. The van der Waals surface area contributed by atoms with Crippen molar-refractivity contribution < 1.29 is 40.1 Å². The van der Waals surface area contributed by atoms with Crippen molar-refractivity contribution in [1.29, 1.82) is 0 Å². The topological polar surface area (TPSA) is 106 Å². The van der Waals surface area contributed by atoms with Gasteiger partial charge in [-0.05, 0) is 0 Å². The SMILES string of the molecule is O=C(Cn1ccc(=O)cc1)OCCC(F)(F)C(F)(F)S(=O)(=O)[O-]. The summed E-state index contributed by atoms with van der Waals surface area (Å²) in [4.78, 5) is 22.1. The lowest BCUT2D eigenvalue weighted by Gasteiger charge is -2.28. The van der Waals surface area contributed by atoms with Crippen LogP contribution in [0.4, 0.5) is 17.6 Å². The van der Waals surface area contributed by atoms with Gasteiger partial charge in [0.1, 0.15) is 6.54 Å². The molecule has 0 saturated heterocycles. The fraction of sp³-hybridized carbons (Fsp3) is 0.455. The van der Waals surface area contributed by atoms with E-state index in [0.717, 1.165) is 12.1 Å². The lowest BCUT2D eigenvalue weighted by molar-refractivity contribution is -0.175. The molecule has 0 amide bonds. The Balaban J connectivity index is 2.57. The van der Waals surface area contributed by atoms with E-state index in [-0.39, 0.29) is 5.43 Å². The second-order valence-corrected chi connectivity index (χ2v) is 5.77. The van der Waals surface area contributed by atoms with E-state index < -0.39 is 46.8 Å². The smallest absolute Gasteiger partial charge is 0.396 e. The van der Waals surface area contributed by atoms with Gasteiger partial charge in [-0.15, -0.1) is 0 Å². The monoisotopic (exact) mass is 360 g/mol. The highest BCUT2D eigenvalue weighted by molar-refractivity contribution is 7.86. The van der Waals surface area contributed by atoms with Crippen LogP contribution < -0.4 is 5.43 Å². The number of carbonyl (C=O) groups excluding carboxylic acids is 1. The first-order chi connectivity index (χ1) is 10.4. The Labute approximate surface area is 127 Å². The van der Waals surface area contributed by atoms with Gasteiger partial charge in [0.2, 0.25) is 0 Å². The Kier molecular flexibility index (Phi) is 5.53. The summed E-state index contributed by atoms with van der Waals surface area (Å²) in [6.45, 7) is -1.71. The van der Waals surface area contributed by atoms with Gasteiger partial charge in [-0.3, -0.25) is 9.59 Å². The van der Waals surface area contributed by atoms with E-state index in [0.29, 0.717) is 0 Å². The van der Waals surface area contributed by atoms with Crippen molar-refractivity contribution >= 4 is 16.1 Å². The molecule has 0 bridgehead atoms. The summed E-state index contributed by atoms with van der Waals surface area (Å²) in [6, 6.07) is 2.22. The molecular formula is C11H10F4NO6S-. The third-order valence-corrected chi connectivity index (χ3v) is 3.52. The van der Waals surface area contributed by atoms with Gasteiger partial charge >= 0.3 is 17.1 Å². The van der Waals surface area contributed by atoms with Crippen molar-refractivity contribution in [3.05, 3.63) is 34.7 Å². The molecule has 1 aromatic heterocycles. The molecule has 0 aliphatic heterocycles. The quantitative estimate of drug-likeness (QED) is 0.400. The van der Waals surface area contributed by atoms with Gasteiger partial charge in [0, 0.05) is 24.5 Å². The van der Waals surface area contributed by atoms with Crippen molar-refractivity contribution in [2.75, 3.05) is 6.61 Å². The first-order valence-corrected chi connectivity index (χ1v) is 7.30. The van der Waals surface area contributed by atoms with Crippen LogP contribution in [0.25, 0.3) is 0 Å². The number of aromatic nitrogens is 1. The summed E-state index contributed by atoms with van der Waals surface area (Å²) in [5, 5.41) is -5.81. The third-order valence-electron chi connectivity index (χ3n) is 2.59. The molecule has 1 rings (SSSR count). The number of halogens is 4. The maximum Gasteiger partial charge on any atom is 0.396 e. The standard InChI is InChI=1S/C11H11F4NO6S/c12-10(13,11(14,15)23(19,20)21)3-6-22-9(18)7-16-4-1-8(17)2-5-16/h1-2,4-5H,3,6-7H2,(H,19,20,21)/p-1. The first kappa shape index (κ1) is 19.1. The van der Waals surface area contributed by atoms with Crippen LogP contribution in [0, 0.1) is 0 Å². The summed E-state index contributed by atoms with van der Waals surface area (Å²) in [5.41, 5.74) is -0.338. The lowest BCUT2D eigenvalue weighted by Crippen LogP contribution is -2.47. The highest BCUT2D eigenvalue weighted by Gasteiger charge is 2.61. The van der Waals surface area contributed by atoms with Crippen molar-refractivity contribution in [3.8, 4) is 0 Å². The van der Waals surface area contributed by atoms with Gasteiger partial charge < -0.3 is 13.9 Å². The zero-order chi connectivity index (χ0) is 17.9. The van der Waals surface area contributed by atoms with E-state index in [9.17, 15) is 40.1 Å². The molecule has 0 aliphatic carbocycles. The third kappa shape index (κ3) is 4.76. The average molecular weight is 360 g/mol. The Morgan fingerprint density at radius 2 is 1.74 bits per heavy atom. The van der Waals surface area contributed by atoms with Crippen LogP contribution in [0.5, 0.6) is 0 Å². The van der Waals surface area contributed by atoms with Gasteiger partial charge in [0.05, 0.1) is 13.0 Å². The van der Waals surface area contributed by atoms with Crippen molar-refractivity contribution in [2.45, 2.75) is 24.1 Å². The number of hydrogen-bond acceptors (Lipinski definition) is 6. The van der Waals surface area contributed by atoms with Crippen LogP contribution in [0.3, 0.4) is 0 Å². The van der Waals surface area contributed by atoms with E-state index in [1.165, 1.54) is 17.0 Å². The van der Waals surface area contributed by atoms with Gasteiger partial charge in [-0.25, -0.2) is 8.42 Å². The molecule has 0 aromatic carbocycles. The lowest BCUT2D eigenvalue weighted by atomic mass is 10.2. The molecule has 23 heavy (non-hydrogen) atoms. The number of hydrogen-bond donors (Lipinski definition) is 0. The van der Waals surface area contributed by atoms with Crippen LogP contribution in [-0.2, 0) is 26.2 Å². The molecular weight excluding hydrogens is 350 g/mol. The average Bonchev–Trinajstić information content (AvgIpc) is 2.39. The summed E-state index contributed by atoms with van der Waals surface area (Å²) >= 11 is 0. The predicted molar refractivity (Wildman–Crippen MR) is 65.9 cm³/mol. The fourth-order valence-electron chi connectivity index (χ4n) is 1.37. The fourth-order valence-corrected chi connectivity index (χ4v) is 1.83. The van der Waals surface area contributed by atoms with E-state index in [1.54, 1.807) is 0 Å². The number of rotatable bonds is 7. The molecule has 1 heterocycles. The largest absolute Gasteiger partial charge is 0.743 e. The summed E-state index contributed by atoms with van der Waals surface area (Å²) in [7, 11) is -6.57. The van der Waals surface area contributed by atoms with Crippen molar-refractivity contribution in [3.63, 3.8) is 0 Å². The zero-order valence-corrected chi connectivity index (χ0v) is 12.1. The summed E-state index contributed by atoms with van der Waals surface area (Å²) in [5.74, 6) is -6.27. The van der Waals surface area contributed by atoms with E-state index in [1.807, 2.05) is 0 Å². The number of ether oxygens (including phenoxy) is 1. The van der Waals surface area contributed by atoms with Gasteiger partial charge in [0.15, 0.2) is 15.5 Å². The van der Waals surface area contributed by atoms with Crippen LogP contribution in [0.2, 0.25) is 0 Å². The number of carbonyl (C=O) groups is 1. The number of esters is 1. The van der Waals surface area contributed by atoms with Crippen molar-refractivity contribution in [2.24, 2.45) is 0 Å². The molecule has 0 atom stereocenters. The Bertz CT molecular complexity index is 710. The minimum Gasteiger partial charge on any atom is -0.743 e. The molecule has 0 fully saturated rings. The molecule has 1 aromatic rings. The molecule has 0 unspecified atom stereocenters. The number of pyridine rings is 1. The number of nitrogens with zero attached hydrogens (tertiary/aromatic N) is 1. The molecule has 0 spiro atoms. The highest BCUT2D eigenvalue weighted by Crippen LogP contribution is 2.40. The highest BCUT2D eigenvalue weighted by atomic mass is 32.2. The van der Waals surface area contributed by atoms with Gasteiger partial charge in [-0.2, -0.15) is 17.6 Å². The Hall–Kier alpha value is -1.95. The van der Waals surface area contributed by atoms with Crippen LogP contribution >= 0.6 is 0 Å². The summed E-state index contributed by atoms with van der Waals surface area (Å²) < 4.78 is 87.6. The maximum atomic E-state index is 13.1. The maximum absolute atomic E-state index is 13.1. The van der Waals surface area contributed by atoms with E-state index in [2.05, 4.69) is 4.74 Å². The molecule has 0 N–H and O–H groups in total. The van der Waals surface area contributed by atoms with Gasteiger partial charge in [-0.1, -0.05) is 0 Å². The normalized spacial score (nSPS) is 12.9. The summed E-state index contributed by atoms with van der Waals surface area (Å²) in [6.07, 6.45) is 0.560. The molecule has 0 saturated carbocycles. The van der Waals surface area contributed by atoms with Crippen LogP contribution in [0.15, 0.2) is 29.3 Å². The molecule has 0 radical (unpaired) electrons. The molecule has 7 nitrogen and oxygen atoms in total. The minimum absolute atomic E-state index is 0.338. The molecule has 130 valence electrons. The number of alkyl halides is 4. The van der Waals surface area contributed by atoms with E-state index in [4.69, 9.17) is 0 Å². The van der Waals surface area contributed by atoms with Crippen LogP contribution in [-0.4, -0.2) is 41.3 Å². The second-order valence-electron chi connectivity index (χ2n) is 4.35. The molecule has 12 heteroatoms. The Morgan fingerprint density at radius 3 is 2.22 bits per heavy atom. The van der Waals surface area contributed by atoms with Gasteiger partial charge in [0.25, 0.3) is 0 Å². The zero-order valence-electron chi connectivity index (χ0n) is 11.2. The minimum atomic E-state index is -6.57. The molecule has 0 aliphatic rings. The Morgan fingerprint density at radius 1 is 1.22 bits per heavy atom. The van der Waals surface area contributed by atoms with Crippen molar-refractivity contribution in [1.82, 2.24) is 4.57 Å². The second kappa shape index (κ2) is 6.66.